The average Bonchev–Trinajstić information content (AvgIpc) is 2.63. The number of rotatable bonds is 8. The number of nitriles is 1. The summed E-state index contributed by atoms with van der Waals surface area (Å²) in [5.41, 5.74) is 0.690. The minimum Gasteiger partial charge on any atom is -0.494 e. The molecule has 0 aliphatic carbocycles. The van der Waals surface area contributed by atoms with Crippen molar-refractivity contribution in [1.82, 2.24) is 0 Å². The monoisotopic (exact) mass is 372 g/mol. The van der Waals surface area contributed by atoms with E-state index in [-0.39, 0.29) is 18.9 Å². The Labute approximate surface area is 158 Å². The van der Waals surface area contributed by atoms with Crippen LogP contribution in [0.1, 0.15) is 20.3 Å². The van der Waals surface area contributed by atoms with E-state index in [9.17, 15) is 4.79 Å². The van der Waals surface area contributed by atoms with E-state index >= 15 is 0 Å². The van der Waals surface area contributed by atoms with Crippen molar-refractivity contribution in [1.29, 1.82) is 5.26 Å². The van der Waals surface area contributed by atoms with Gasteiger partial charge in [0.25, 0.3) is 5.91 Å². The second-order valence-electron chi connectivity index (χ2n) is 5.54. The van der Waals surface area contributed by atoms with Crippen molar-refractivity contribution in [2.24, 2.45) is 0 Å². The van der Waals surface area contributed by atoms with Gasteiger partial charge in [0.1, 0.15) is 11.5 Å². The third-order valence-corrected chi connectivity index (χ3v) is 3.86. The van der Waals surface area contributed by atoms with E-state index in [1.807, 2.05) is 6.92 Å². The maximum atomic E-state index is 12.9. The zero-order valence-electron chi connectivity index (χ0n) is 14.8. The van der Waals surface area contributed by atoms with Gasteiger partial charge in [-0.15, -0.1) is 0 Å². The first-order valence-corrected chi connectivity index (χ1v) is 8.76. The molecule has 5 nitrogen and oxygen atoms in total. The Morgan fingerprint density at radius 3 is 2.58 bits per heavy atom. The van der Waals surface area contributed by atoms with Crippen LogP contribution in [0, 0.1) is 11.3 Å². The summed E-state index contributed by atoms with van der Waals surface area (Å²) in [6, 6.07) is 16.2. The Bertz CT molecular complexity index is 771. The Balaban J connectivity index is 2.16. The first kappa shape index (κ1) is 19.6. The quantitative estimate of drug-likeness (QED) is 0.686. The summed E-state index contributed by atoms with van der Waals surface area (Å²) >= 11 is 5.95. The second kappa shape index (κ2) is 9.69. The van der Waals surface area contributed by atoms with Gasteiger partial charge >= 0.3 is 0 Å². The predicted octanol–water partition coefficient (Wildman–Crippen LogP) is 4.45. The van der Waals surface area contributed by atoms with Crippen LogP contribution in [0.4, 0.5) is 5.69 Å². The fourth-order valence-electron chi connectivity index (χ4n) is 2.43. The Hall–Kier alpha value is -2.71. The lowest BCUT2D eigenvalue weighted by Gasteiger charge is -2.25. The van der Waals surface area contributed by atoms with Gasteiger partial charge in [0.2, 0.25) is 0 Å². The second-order valence-corrected chi connectivity index (χ2v) is 5.98. The molecule has 1 unspecified atom stereocenters. The van der Waals surface area contributed by atoms with Crippen molar-refractivity contribution in [3.8, 4) is 17.6 Å². The maximum absolute atomic E-state index is 12.9. The van der Waals surface area contributed by atoms with Crippen LogP contribution in [0.25, 0.3) is 0 Å². The van der Waals surface area contributed by atoms with Gasteiger partial charge in [-0.25, -0.2) is 0 Å². The lowest BCUT2D eigenvalue weighted by molar-refractivity contribution is -0.124. The fraction of sp³-hybridized carbons (Fsp3) is 0.300. The highest BCUT2D eigenvalue weighted by Crippen LogP contribution is 2.23. The standard InChI is InChI=1S/C20H21ClN2O3/c1-3-25-18-10-8-17(9-11-18)23(13-5-12-22)20(24)15(2)26-19-7-4-6-16(21)14-19/h4,6-11,14-15H,3,5,13H2,1-2H3. The van der Waals surface area contributed by atoms with Gasteiger partial charge in [0.15, 0.2) is 6.10 Å². The summed E-state index contributed by atoms with van der Waals surface area (Å²) in [5, 5.41) is 9.45. The number of hydrogen-bond donors (Lipinski definition) is 0. The molecule has 1 atom stereocenters. The Kier molecular flexibility index (Phi) is 7.31. The molecule has 2 rings (SSSR count). The minimum atomic E-state index is -0.723. The van der Waals surface area contributed by atoms with E-state index in [1.54, 1.807) is 60.4 Å². The molecule has 0 bridgehead atoms. The number of anilines is 1. The van der Waals surface area contributed by atoms with E-state index < -0.39 is 6.10 Å². The molecule has 2 aromatic carbocycles. The van der Waals surface area contributed by atoms with Gasteiger partial charge in [-0.05, 0) is 56.3 Å². The van der Waals surface area contributed by atoms with E-state index in [0.717, 1.165) is 5.75 Å². The van der Waals surface area contributed by atoms with Crippen molar-refractivity contribution < 1.29 is 14.3 Å². The summed E-state index contributed by atoms with van der Waals surface area (Å²) in [7, 11) is 0. The van der Waals surface area contributed by atoms with Gasteiger partial charge < -0.3 is 14.4 Å². The molecule has 0 aliphatic rings. The zero-order valence-corrected chi connectivity index (χ0v) is 15.6. The molecule has 0 fully saturated rings. The zero-order chi connectivity index (χ0) is 18.9. The fourth-order valence-corrected chi connectivity index (χ4v) is 2.61. The number of nitrogens with zero attached hydrogens (tertiary/aromatic N) is 2. The minimum absolute atomic E-state index is 0.225. The summed E-state index contributed by atoms with van der Waals surface area (Å²) in [5.74, 6) is 1.02. The number of carbonyl (C=O) groups excluding carboxylic acids is 1. The molecule has 0 aromatic heterocycles. The molecule has 1 amide bonds. The maximum Gasteiger partial charge on any atom is 0.267 e. The molecule has 6 heteroatoms. The number of ether oxygens (including phenoxy) is 2. The Morgan fingerprint density at radius 1 is 1.23 bits per heavy atom. The normalized spacial score (nSPS) is 11.3. The van der Waals surface area contributed by atoms with Crippen LogP contribution in [0.2, 0.25) is 5.02 Å². The highest BCUT2D eigenvalue weighted by molar-refractivity contribution is 6.30. The molecule has 2 aromatic rings. The first-order valence-electron chi connectivity index (χ1n) is 8.38. The molecule has 26 heavy (non-hydrogen) atoms. The van der Waals surface area contributed by atoms with Crippen LogP contribution in [-0.2, 0) is 4.79 Å². The number of benzene rings is 2. The molecule has 0 radical (unpaired) electrons. The highest BCUT2D eigenvalue weighted by Gasteiger charge is 2.23. The van der Waals surface area contributed by atoms with Crippen molar-refractivity contribution >= 4 is 23.2 Å². The molecule has 0 saturated heterocycles. The lowest BCUT2D eigenvalue weighted by Crippen LogP contribution is -2.41. The van der Waals surface area contributed by atoms with E-state index in [2.05, 4.69) is 6.07 Å². The smallest absolute Gasteiger partial charge is 0.267 e. The van der Waals surface area contributed by atoms with Gasteiger partial charge in [0.05, 0.1) is 19.1 Å². The van der Waals surface area contributed by atoms with Crippen molar-refractivity contribution in [2.75, 3.05) is 18.1 Å². The van der Waals surface area contributed by atoms with Crippen LogP contribution >= 0.6 is 11.6 Å². The van der Waals surface area contributed by atoms with Gasteiger partial charge in [-0.3, -0.25) is 4.79 Å². The third kappa shape index (κ3) is 5.40. The predicted molar refractivity (Wildman–Crippen MR) is 102 cm³/mol. The molecular weight excluding hydrogens is 352 g/mol. The first-order chi connectivity index (χ1) is 12.5. The summed E-state index contributed by atoms with van der Waals surface area (Å²) in [6.45, 7) is 4.44. The topological polar surface area (TPSA) is 62.6 Å². The number of carbonyl (C=O) groups is 1. The van der Waals surface area contributed by atoms with Crippen LogP contribution in [0.5, 0.6) is 11.5 Å². The van der Waals surface area contributed by atoms with Crippen molar-refractivity contribution in [3.05, 3.63) is 53.6 Å². The van der Waals surface area contributed by atoms with Gasteiger partial charge in [0, 0.05) is 17.3 Å². The molecule has 0 heterocycles. The number of halogens is 1. The Morgan fingerprint density at radius 2 is 1.96 bits per heavy atom. The van der Waals surface area contributed by atoms with Crippen LogP contribution in [-0.4, -0.2) is 25.2 Å². The largest absolute Gasteiger partial charge is 0.494 e. The summed E-state index contributed by atoms with van der Waals surface area (Å²) in [4.78, 5) is 14.4. The van der Waals surface area contributed by atoms with Crippen LogP contribution < -0.4 is 14.4 Å². The molecule has 0 aliphatic heterocycles. The molecular formula is C20H21ClN2O3. The van der Waals surface area contributed by atoms with Crippen LogP contribution in [0.15, 0.2) is 48.5 Å². The SMILES string of the molecule is CCOc1ccc(N(CCC#N)C(=O)C(C)Oc2cccc(Cl)c2)cc1. The van der Waals surface area contributed by atoms with Crippen molar-refractivity contribution in [2.45, 2.75) is 26.4 Å². The molecule has 136 valence electrons. The number of hydrogen-bond acceptors (Lipinski definition) is 4. The number of amides is 1. The average molecular weight is 373 g/mol. The summed E-state index contributed by atoms with van der Waals surface area (Å²) in [6.07, 6.45) is -0.498. The van der Waals surface area contributed by atoms with Gasteiger partial charge in [-0.1, -0.05) is 17.7 Å². The van der Waals surface area contributed by atoms with E-state index in [0.29, 0.717) is 23.1 Å². The van der Waals surface area contributed by atoms with E-state index in [4.69, 9.17) is 26.3 Å². The van der Waals surface area contributed by atoms with Crippen LogP contribution in [0.3, 0.4) is 0 Å². The summed E-state index contributed by atoms with van der Waals surface area (Å²) < 4.78 is 11.1. The third-order valence-electron chi connectivity index (χ3n) is 3.63. The van der Waals surface area contributed by atoms with E-state index in [1.165, 1.54) is 0 Å². The molecule has 0 saturated carbocycles. The molecule has 0 N–H and O–H groups in total. The molecule has 0 spiro atoms. The van der Waals surface area contributed by atoms with Gasteiger partial charge in [-0.2, -0.15) is 5.26 Å². The van der Waals surface area contributed by atoms with Crippen molar-refractivity contribution in [3.63, 3.8) is 0 Å². The lowest BCUT2D eigenvalue weighted by atomic mass is 10.2. The highest BCUT2D eigenvalue weighted by atomic mass is 35.5.